The van der Waals surface area contributed by atoms with Crippen LogP contribution in [0.5, 0.6) is 0 Å². The molecule has 2 bridgehead atoms. The van der Waals surface area contributed by atoms with E-state index in [0.29, 0.717) is 5.78 Å². The minimum absolute atomic E-state index is 0.474. The van der Waals surface area contributed by atoms with Crippen LogP contribution in [-0.2, 0) is 4.79 Å². The molecule has 0 amide bonds. The van der Waals surface area contributed by atoms with Gasteiger partial charge in [0.05, 0.1) is 6.54 Å². The summed E-state index contributed by atoms with van der Waals surface area (Å²) in [6.45, 7) is 1.84. The Kier molecular flexibility index (Phi) is 1.35. The molecular weight excluding hydrogens is 174 g/mol. The van der Waals surface area contributed by atoms with Crippen molar-refractivity contribution in [1.82, 2.24) is 4.90 Å². The molecule has 0 aromatic rings. The van der Waals surface area contributed by atoms with E-state index >= 15 is 0 Å². The van der Waals surface area contributed by atoms with Crippen molar-refractivity contribution in [3.63, 3.8) is 0 Å². The van der Waals surface area contributed by atoms with Gasteiger partial charge in [0.15, 0.2) is 0 Å². The first-order valence-electron chi connectivity index (χ1n) is 6.10. The van der Waals surface area contributed by atoms with Crippen LogP contribution in [0, 0.1) is 23.7 Å². The van der Waals surface area contributed by atoms with Gasteiger partial charge in [-0.05, 0) is 42.9 Å². The minimum Gasteiger partial charge on any atom is -0.298 e. The molecular formula is C12H17NO. The lowest BCUT2D eigenvalue weighted by atomic mass is 10.0. The van der Waals surface area contributed by atoms with Crippen molar-refractivity contribution in [2.45, 2.75) is 31.7 Å². The predicted molar refractivity (Wildman–Crippen MR) is 52.8 cm³/mol. The molecule has 4 aliphatic rings. The van der Waals surface area contributed by atoms with Gasteiger partial charge in [0.1, 0.15) is 5.78 Å². The van der Waals surface area contributed by atoms with Crippen molar-refractivity contribution in [3.8, 4) is 0 Å². The lowest BCUT2D eigenvalue weighted by Crippen LogP contribution is -2.28. The number of carbonyl (C=O) groups excluding carboxylic acids is 1. The van der Waals surface area contributed by atoms with Gasteiger partial charge in [-0.15, -0.1) is 0 Å². The average Bonchev–Trinajstić information content (AvgIpc) is 2.58. The summed E-state index contributed by atoms with van der Waals surface area (Å²) in [6, 6.07) is 0.840. The minimum atomic E-state index is 0.474. The Morgan fingerprint density at radius 1 is 1.14 bits per heavy atom. The maximum atomic E-state index is 11.2. The van der Waals surface area contributed by atoms with Gasteiger partial charge in [0.2, 0.25) is 0 Å². The van der Waals surface area contributed by atoms with Crippen LogP contribution in [-0.4, -0.2) is 29.8 Å². The second-order valence-corrected chi connectivity index (χ2v) is 5.74. The summed E-state index contributed by atoms with van der Waals surface area (Å²) >= 11 is 0. The zero-order valence-corrected chi connectivity index (χ0v) is 8.48. The fraction of sp³-hybridized carbons (Fsp3) is 0.917. The van der Waals surface area contributed by atoms with E-state index in [-0.39, 0.29) is 0 Å². The van der Waals surface area contributed by atoms with Gasteiger partial charge in [0, 0.05) is 19.0 Å². The van der Waals surface area contributed by atoms with Crippen LogP contribution < -0.4 is 0 Å². The van der Waals surface area contributed by atoms with E-state index < -0.39 is 0 Å². The smallest absolute Gasteiger partial charge is 0.148 e. The molecule has 1 saturated heterocycles. The van der Waals surface area contributed by atoms with Crippen molar-refractivity contribution < 1.29 is 4.79 Å². The summed E-state index contributed by atoms with van der Waals surface area (Å²) in [5, 5.41) is 0. The van der Waals surface area contributed by atoms with E-state index in [4.69, 9.17) is 0 Å². The molecule has 4 fully saturated rings. The third-order valence-electron chi connectivity index (χ3n) is 5.17. The van der Waals surface area contributed by atoms with Crippen molar-refractivity contribution in [2.24, 2.45) is 23.7 Å². The van der Waals surface area contributed by atoms with Gasteiger partial charge < -0.3 is 0 Å². The van der Waals surface area contributed by atoms with Crippen LogP contribution in [0.1, 0.15) is 25.7 Å². The van der Waals surface area contributed by atoms with E-state index in [0.717, 1.165) is 49.2 Å². The summed E-state index contributed by atoms with van der Waals surface area (Å²) in [7, 11) is 0. The number of hydrogen-bond acceptors (Lipinski definition) is 2. The standard InChI is InChI=1S/C12H17NO/c14-9-3-4-13(6-9)12-10-7-1-2-8(5-7)11(10)12/h7-8,10-12H,1-6H2. The SMILES string of the molecule is O=C1CCN(C2C3C4CCC(C4)C32)C1. The lowest BCUT2D eigenvalue weighted by molar-refractivity contribution is -0.117. The molecule has 0 aromatic carbocycles. The number of likely N-dealkylation sites (tertiary alicyclic amines) is 1. The quantitative estimate of drug-likeness (QED) is 0.623. The molecule has 0 N–H and O–H groups in total. The molecule has 1 heterocycles. The van der Waals surface area contributed by atoms with Crippen molar-refractivity contribution in [1.29, 1.82) is 0 Å². The molecule has 1 aliphatic heterocycles. The highest BCUT2D eigenvalue weighted by molar-refractivity contribution is 5.82. The van der Waals surface area contributed by atoms with E-state index in [1.54, 1.807) is 0 Å². The Morgan fingerprint density at radius 2 is 1.86 bits per heavy atom. The summed E-state index contributed by atoms with van der Waals surface area (Å²) in [4.78, 5) is 13.7. The number of nitrogens with zero attached hydrogens (tertiary/aromatic N) is 1. The van der Waals surface area contributed by atoms with Gasteiger partial charge in [-0.1, -0.05) is 0 Å². The largest absolute Gasteiger partial charge is 0.298 e. The Labute approximate surface area is 84.7 Å². The predicted octanol–water partition coefficient (Wildman–Crippen LogP) is 1.31. The third-order valence-corrected chi connectivity index (χ3v) is 5.17. The maximum absolute atomic E-state index is 11.2. The van der Waals surface area contributed by atoms with Crippen molar-refractivity contribution in [2.75, 3.05) is 13.1 Å². The van der Waals surface area contributed by atoms with Crippen molar-refractivity contribution in [3.05, 3.63) is 0 Å². The highest BCUT2D eigenvalue weighted by atomic mass is 16.1. The maximum Gasteiger partial charge on any atom is 0.148 e. The lowest BCUT2D eigenvalue weighted by Gasteiger charge is -2.18. The van der Waals surface area contributed by atoms with Gasteiger partial charge in [-0.25, -0.2) is 0 Å². The number of rotatable bonds is 1. The van der Waals surface area contributed by atoms with Gasteiger partial charge in [0.25, 0.3) is 0 Å². The molecule has 4 rings (SSSR count). The second-order valence-electron chi connectivity index (χ2n) is 5.74. The number of fused-ring (bicyclic) bond motifs is 5. The van der Waals surface area contributed by atoms with Crippen LogP contribution in [0.3, 0.4) is 0 Å². The second kappa shape index (κ2) is 2.41. The summed E-state index contributed by atoms with van der Waals surface area (Å²) < 4.78 is 0. The monoisotopic (exact) mass is 191 g/mol. The van der Waals surface area contributed by atoms with Crippen molar-refractivity contribution >= 4 is 5.78 Å². The molecule has 3 aliphatic carbocycles. The molecule has 0 radical (unpaired) electrons. The Morgan fingerprint density at radius 3 is 2.43 bits per heavy atom. The molecule has 4 unspecified atom stereocenters. The molecule has 2 heteroatoms. The Balaban J connectivity index is 1.53. The van der Waals surface area contributed by atoms with Crippen LogP contribution in [0.2, 0.25) is 0 Å². The zero-order valence-electron chi connectivity index (χ0n) is 8.48. The highest BCUT2D eigenvalue weighted by Gasteiger charge is 2.66. The fourth-order valence-electron chi connectivity index (χ4n) is 4.67. The average molecular weight is 191 g/mol. The molecule has 0 aromatic heterocycles. The van der Waals surface area contributed by atoms with E-state index in [2.05, 4.69) is 4.90 Å². The number of hydrogen-bond donors (Lipinski definition) is 0. The number of ketones is 1. The topological polar surface area (TPSA) is 20.3 Å². The van der Waals surface area contributed by atoms with Crippen LogP contribution in [0.15, 0.2) is 0 Å². The van der Waals surface area contributed by atoms with E-state index in [1.165, 1.54) is 19.3 Å². The third kappa shape index (κ3) is 0.837. The molecule has 0 spiro atoms. The normalized spacial score (nSPS) is 55.4. The van der Waals surface area contributed by atoms with Gasteiger partial charge >= 0.3 is 0 Å². The molecule has 3 saturated carbocycles. The zero-order chi connectivity index (χ0) is 9.28. The van der Waals surface area contributed by atoms with Crippen LogP contribution in [0.4, 0.5) is 0 Å². The summed E-state index contributed by atoms with van der Waals surface area (Å²) in [6.07, 6.45) is 5.33. The Hall–Kier alpha value is -0.370. The Bertz CT molecular complexity index is 285. The first kappa shape index (κ1) is 7.86. The van der Waals surface area contributed by atoms with Crippen LogP contribution >= 0.6 is 0 Å². The highest BCUT2D eigenvalue weighted by Crippen LogP contribution is 2.67. The number of carbonyl (C=O) groups is 1. The summed E-state index contributed by atoms with van der Waals surface area (Å²) in [5.74, 6) is 4.60. The molecule has 76 valence electrons. The van der Waals surface area contributed by atoms with E-state index in [9.17, 15) is 4.79 Å². The van der Waals surface area contributed by atoms with E-state index in [1.807, 2.05) is 0 Å². The summed E-state index contributed by atoms with van der Waals surface area (Å²) in [5.41, 5.74) is 0. The fourth-order valence-corrected chi connectivity index (χ4v) is 4.67. The molecule has 4 atom stereocenters. The number of Topliss-reactive ketones (excluding diaryl/α,β-unsaturated/α-hetero) is 1. The van der Waals surface area contributed by atoms with Gasteiger partial charge in [-0.2, -0.15) is 0 Å². The first-order chi connectivity index (χ1) is 6.84. The molecule has 14 heavy (non-hydrogen) atoms. The first-order valence-corrected chi connectivity index (χ1v) is 6.10. The molecule has 2 nitrogen and oxygen atoms in total. The van der Waals surface area contributed by atoms with Crippen LogP contribution in [0.25, 0.3) is 0 Å². The van der Waals surface area contributed by atoms with Gasteiger partial charge in [-0.3, -0.25) is 9.69 Å².